The molecule has 12 heteroatoms. The van der Waals surface area contributed by atoms with Crippen LogP contribution in [-0.2, 0) is 16.6 Å². The SMILES string of the molecule is CN(C)c1ccc2nnc(CNS(=O)(=O)c3ccc(N4C[C@@H]5[C@H]6CC[C@H](C[C@H]6O)[C@@H]5C4)c4cnccc34)n2n1. The van der Waals surface area contributed by atoms with Gasteiger partial charge >= 0.3 is 0 Å². The van der Waals surface area contributed by atoms with Crippen molar-refractivity contribution in [1.29, 1.82) is 0 Å². The first kappa shape index (κ1) is 24.7. The van der Waals surface area contributed by atoms with Crippen LogP contribution in [0, 0.1) is 23.7 Å². The minimum Gasteiger partial charge on any atom is -0.393 e. The Balaban J connectivity index is 1.18. The molecular weight excluding hydrogens is 516 g/mol. The van der Waals surface area contributed by atoms with E-state index in [2.05, 4.69) is 29.9 Å². The number of fused-ring (bicyclic) bond motifs is 4. The fourth-order valence-electron chi connectivity index (χ4n) is 7.16. The number of hydrogen-bond donors (Lipinski definition) is 2. The highest BCUT2D eigenvalue weighted by atomic mass is 32.2. The van der Waals surface area contributed by atoms with Gasteiger partial charge in [0.05, 0.1) is 17.5 Å². The first-order chi connectivity index (χ1) is 18.8. The molecule has 0 amide bonds. The second kappa shape index (κ2) is 9.10. The van der Waals surface area contributed by atoms with Crippen LogP contribution in [0.25, 0.3) is 16.4 Å². The number of anilines is 2. The molecule has 2 N–H and O–H groups in total. The zero-order valence-corrected chi connectivity index (χ0v) is 22.8. The topological polar surface area (TPSA) is 129 Å². The summed E-state index contributed by atoms with van der Waals surface area (Å²) in [5.74, 6) is 3.13. The van der Waals surface area contributed by atoms with Gasteiger partial charge in [-0.05, 0) is 73.3 Å². The Morgan fingerprint density at radius 3 is 2.69 bits per heavy atom. The predicted octanol–water partition coefficient (Wildman–Crippen LogP) is 2.06. The Bertz CT molecular complexity index is 1670. The molecule has 39 heavy (non-hydrogen) atoms. The van der Waals surface area contributed by atoms with E-state index in [1.54, 1.807) is 35.1 Å². The Labute approximate surface area is 226 Å². The predicted molar refractivity (Wildman–Crippen MR) is 147 cm³/mol. The van der Waals surface area contributed by atoms with Crippen molar-refractivity contribution in [1.82, 2.24) is 29.5 Å². The monoisotopic (exact) mass is 548 g/mol. The quantitative estimate of drug-likeness (QED) is 0.372. The molecule has 0 unspecified atom stereocenters. The second-order valence-corrected chi connectivity index (χ2v) is 13.1. The molecule has 2 bridgehead atoms. The maximum absolute atomic E-state index is 13.6. The summed E-state index contributed by atoms with van der Waals surface area (Å²) in [7, 11) is -0.116. The van der Waals surface area contributed by atoms with E-state index >= 15 is 0 Å². The summed E-state index contributed by atoms with van der Waals surface area (Å²) >= 11 is 0. The van der Waals surface area contributed by atoms with Gasteiger partial charge in [0.1, 0.15) is 5.82 Å². The Morgan fingerprint density at radius 1 is 1.03 bits per heavy atom. The number of sulfonamides is 1. The molecule has 204 valence electrons. The normalized spacial score (nSPS) is 26.4. The molecule has 8 rings (SSSR count). The van der Waals surface area contributed by atoms with Crippen LogP contribution >= 0.6 is 0 Å². The van der Waals surface area contributed by atoms with E-state index in [-0.39, 0.29) is 17.5 Å². The fraction of sp³-hybridized carbons (Fsp3) is 0.481. The number of hydrogen-bond acceptors (Lipinski definition) is 9. The zero-order chi connectivity index (χ0) is 26.9. The van der Waals surface area contributed by atoms with Crippen molar-refractivity contribution in [2.75, 3.05) is 37.0 Å². The molecule has 5 atom stereocenters. The number of nitrogens with zero attached hydrogens (tertiary/aromatic N) is 7. The van der Waals surface area contributed by atoms with Crippen molar-refractivity contribution < 1.29 is 13.5 Å². The molecule has 1 aromatic carbocycles. The number of aliphatic hydroxyl groups excluding tert-OH is 1. The van der Waals surface area contributed by atoms with Crippen molar-refractivity contribution in [2.24, 2.45) is 23.7 Å². The van der Waals surface area contributed by atoms with E-state index in [1.165, 1.54) is 6.42 Å². The lowest BCUT2D eigenvalue weighted by Gasteiger charge is -2.47. The third-order valence-corrected chi connectivity index (χ3v) is 10.5. The van der Waals surface area contributed by atoms with Gasteiger partial charge in [0.15, 0.2) is 11.5 Å². The van der Waals surface area contributed by atoms with Crippen LogP contribution in [0.1, 0.15) is 25.1 Å². The zero-order valence-electron chi connectivity index (χ0n) is 22.0. The van der Waals surface area contributed by atoms with Gasteiger partial charge in [-0.15, -0.1) is 15.3 Å². The highest BCUT2D eigenvalue weighted by molar-refractivity contribution is 7.89. The van der Waals surface area contributed by atoms with Gasteiger partial charge < -0.3 is 14.9 Å². The van der Waals surface area contributed by atoms with Crippen LogP contribution < -0.4 is 14.5 Å². The van der Waals surface area contributed by atoms with Gasteiger partial charge in [-0.25, -0.2) is 13.1 Å². The first-order valence-electron chi connectivity index (χ1n) is 13.5. The van der Waals surface area contributed by atoms with Gasteiger partial charge in [0.2, 0.25) is 10.0 Å². The third-order valence-electron chi connectivity index (χ3n) is 9.05. The highest BCUT2D eigenvalue weighted by Crippen LogP contribution is 2.53. The number of benzene rings is 1. The molecular formula is C27H32N8O3S. The molecule has 11 nitrogen and oxygen atoms in total. The third kappa shape index (κ3) is 4.04. The van der Waals surface area contributed by atoms with Crippen molar-refractivity contribution in [2.45, 2.75) is 36.8 Å². The molecule has 3 aliphatic carbocycles. The molecule has 4 aromatic rings. The Hall–Kier alpha value is -3.35. The molecule has 4 aliphatic rings. The van der Waals surface area contributed by atoms with E-state index in [4.69, 9.17) is 0 Å². The smallest absolute Gasteiger partial charge is 0.241 e. The minimum atomic E-state index is -3.88. The number of aromatic nitrogens is 5. The van der Waals surface area contributed by atoms with Crippen molar-refractivity contribution in [3.8, 4) is 0 Å². The van der Waals surface area contributed by atoms with E-state index in [0.717, 1.165) is 37.0 Å². The fourth-order valence-corrected chi connectivity index (χ4v) is 8.35. The van der Waals surface area contributed by atoms with Crippen LogP contribution in [0.5, 0.6) is 0 Å². The summed E-state index contributed by atoms with van der Waals surface area (Å²) in [5.41, 5.74) is 1.55. The standard InChI is InChI=1S/C27H32N8O3S/c1-33(2)26-8-7-25-30-31-27(35(25)32-26)13-29-39(37,38)24-6-5-22(19-12-28-10-9-18(19)24)34-14-20-16-3-4-17(21(20)15-34)23(36)11-16/h5-10,12,16-17,20-21,23,29,36H,3-4,11,13-15H2,1-2H3/t16-,17-,20+,21-,23-/m1/s1. The summed E-state index contributed by atoms with van der Waals surface area (Å²) in [6.45, 7) is 1.77. The first-order valence-corrected chi connectivity index (χ1v) is 15.0. The van der Waals surface area contributed by atoms with E-state index in [1.807, 2.05) is 31.1 Å². The minimum absolute atomic E-state index is 0.0533. The van der Waals surface area contributed by atoms with Crippen LogP contribution in [0.2, 0.25) is 0 Å². The van der Waals surface area contributed by atoms with E-state index in [0.29, 0.717) is 46.3 Å². The van der Waals surface area contributed by atoms with E-state index < -0.39 is 10.0 Å². The largest absolute Gasteiger partial charge is 0.393 e. The van der Waals surface area contributed by atoms with Crippen molar-refractivity contribution in [3.05, 3.63) is 48.5 Å². The van der Waals surface area contributed by atoms with Crippen molar-refractivity contribution in [3.63, 3.8) is 0 Å². The lowest BCUT2D eigenvalue weighted by atomic mass is 9.58. The lowest BCUT2D eigenvalue weighted by molar-refractivity contribution is -0.0574. The van der Waals surface area contributed by atoms with Crippen LogP contribution in [0.3, 0.4) is 0 Å². The highest BCUT2D eigenvalue weighted by Gasteiger charge is 2.51. The van der Waals surface area contributed by atoms with Gasteiger partial charge in [0, 0.05) is 56.0 Å². The van der Waals surface area contributed by atoms with Crippen LogP contribution in [0.4, 0.5) is 11.5 Å². The average molecular weight is 549 g/mol. The Kier molecular flexibility index (Phi) is 5.76. The van der Waals surface area contributed by atoms with Gasteiger partial charge in [0.25, 0.3) is 0 Å². The summed E-state index contributed by atoms with van der Waals surface area (Å²) in [5, 5.41) is 24.8. The molecule has 1 saturated heterocycles. The Morgan fingerprint density at radius 2 is 1.87 bits per heavy atom. The van der Waals surface area contributed by atoms with E-state index in [9.17, 15) is 13.5 Å². The molecule has 3 saturated carbocycles. The molecule has 1 aliphatic heterocycles. The maximum atomic E-state index is 13.6. The molecule has 3 aromatic heterocycles. The van der Waals surface area contributed by atoms with Gasteiger partial charge in [-0.2, -0.15) is 4.52 Å². The van der Waals surface area contributed by atoms with Gasteiger partial charge in [-0.3, -0.25) is 4.98 Å². The number of aliphatic hydroxyl groups is 1. The summed E-state index contributed by atoms with van der Waals surface area (Å²) in [6, 6.07) is 9.00. The van der Waals surface area contributed by atoms with Crippen molar-refractivity contribution >= 4 is 37.9 Å². The summed E-state index contributed by atoms with van der Waals surface area (Å²) < 4.78 is 31.4. The number of rotatable bonds is 6. The van der Waals surface area contributed by atoms with Crippen LogP contribution in [-0.4, -0.2) is 71.6 Å². The molecule has 0 radical (unpaired) electrons. The van der Waals surface area contributed by atoms with Crippen LogP contribution in [0.15, 0.2) is 47.6 Å². The molecule has 0 spiro atoms. The number of pyridine rings is 1. The molecule has 4 fully saturated rings. The second-order valence-electron chi connectivity index (χ2n) is 11.3. The van der Waals surface area contributed by atoms with Gasteiger partial charge in [-0.1, -0.05) is 0 Å². The molecule has 4 heterocycles. The summed E-state index contributed by atoms with van der Waals surface area (Å²) in [6.07, 6.45) is 6.43. The summed E-state index contributed by atoms with van der Waals surface area (Å²) in [4.78, 5) is 8.78. The average Bonchev–Trinajstić information content (AvgIpc) is 3.57. The lowest BCUT2D eigenvalue weighted by Crippen LogP contribution is -2.47. The maximum Gasteiger partial charge on any atom is 0.241 e. The number of nitrogens with one attached hydrogen (secondary N) is 1.